The van der Waals surface area contributed by atoms with Gasteiger partial charge in [-0.3, -0.25) is 0 Å². The van der Waals surface area contributed by atoms with Crippen molar-refractivity contribution in [3.05, 3.63) is 70.8 Å². The predicted octanol–water partition coefficient (Wildman–Crippen LogP) is 7.96. The molecule has 2 nitrogen and oxygen atoms in total. The molecule has 0 saturated heterocycles. The van der Waals surface area contributed by atoms with Crippen molar-refractivity contribution < 1.29 is 9.22 Å². The van der Waals surface area contributed by atoms with Crippen molar-refractivity contribution in [1.82, 2.24) is 0 Å². The smallest absolute Gasteiger partial charge is 0.248 e. The minimum atomic E-state index is -1.42. The van der Waals surface area contributed by atoms with Crippen molar-refractivity contribution in [1.29, 1.82) is 0 Å². The molecule has 179 valence electrons. The zero-order valence-corrected chi connectivity index (χ0v) is 24.0. The van der Waals surface area contributed by atoms with Crippen LogP contribution in [-0.4, -0.2) is 24.3 Å². The molecule has 0 amide bonds. The van der Waals surface area contributed by atoms with E-state index in [1.54, 1.807) is 0 Å². The van der Waals surface area contributed by atoms with Gasteiger partial charge in [-0.2, -0.15) is 0 Å². The van der Waals surface area contributed by atoms with Crippen LogP contribution in [0.3, 0.4) is 0 Å². The molecule has 0 aliphatic rings. The number of rotatable bonds is 11. The molecular formula is C29H43O2Si2. The lowest BCUT2D eigenvalue weighted by molar-refractivity contribution is -0.117. The zero-order valence-electron chi connectivity index (χ0n) is 22.0. The van der Waals surface area contributed by atoms with E-state index in [1.165, 1.54) is 11.1 Å². The van der Waals surface area contributed by atoms with Gasteiger partial charge in [0.15, 0.2) is 0 Å². The third-order valence-corrected chi connectivity index (χ3v) is 8.45. The summed E-state index contributed by atoms with van der Waals surface area (Å²) in [6.45, 7) is 17.9. The summed E-state index contributed by atoms with van der Waals surface area (Å²) in [5.74, 6) is 0.665. The SMILES string of the molecule is CCCCC(CC(=O)C[Si](C)(C)C)c1cccc(C(O[Si])(c2ccccc2)C(C)(C)C)c1C. The van der Waals surface area contributed by atoms with Crippen LogP contribution in [0.5, 0.6) is 0 Å². The van der Waals surface area contributed by atoms with Crippen LogP contribution < -0.4 is 0 Å². The third-order valence-electron chi connectivity index (χ3n) is 6.69. The fourth-order valence-corrected chi connectivity index (χ4v) is 7.03. The average Bonchev–Trinajstić information content (AvgIpc) is 2.71. The minimum absolute atomic E-state index is 0.216. The van der Waals surface area contributed by atoms with Crippen molar-refractivity contribution in [2.24, 2.45) is 5.41 Å². The highest BCUT2D eigenvalue weighted by Gasteiger charge is 2.46. The largest absolute Gasteiger partial charge is 0.405 e. The average molecular weight is 480 g/mol. The van der Waals surface area contributed by atoms with Gasteiger partial charge >= 0.3 is 0 Å². The number of ketones is 1. The second-order valence-corrected chi connectivity index (χ2v) is 17.4. The topological polar surface area (TPSA) is 26.3 Å². The molecule has 0 aliphatic carbocycles. The highest BCUT2D eigenvalue weighted by molar-refractivity contribution is 6.78. The van der Waals surface area contributed by atoms with Gasteiger partial charge in [0.2, 0.25) is 10.5 Å². The maximum Gasteiger partial charge on any atom is 0.248 e. The second-order valence-electron chi connectivity index (χ2n) is 11.7. The van der Waals surface area contributed by atoms with Crippen molar-refractivity contribution in [3.8, 4) is 0 Å². The Morgan fingerprint density at radius 1 is 1.03 bits per heavy atom. The first-order chi connectivity index (χ1) is 15.4. The Labute approximate surface area is 207 Å². The number of carbonyl (C=O) groups excluding carboxylic acids is 1. The summed E-state index contributed by atoms with van der Waals surface area (Å²) in [7, 11) is 2.08. The van der Waals surface area contributed by atoms with Gasteiger partial charge in [-0.25, -0.2) is 0 Å². The molecule has 0 aliphatic heterocycles. The minimum Gasteiger partial charge on any atom is -0.405 e. The molecule has 0 aromatic heterocycles. The van der Waals surface area contributed by atoms with Crippen molar-refractivity contribution in [2.45, 2.75) is 97.5 Å². The number of unbranched alkanes of at least 4 members (excludes halogenated alkanes) is 1. The number of Topliss-reactive ketones (excluding diaryl/α,β-unsaturated/α-hetero) is 1. The van der Waals surface area contributed by atoms with Crippen LogP contribution in [0.15, 0.2) is 48.5 Å². The molecule has 2 atom stereocenters. The van der Waals surface area contributed by atoms with Crippen LogP contribution in [0.2, 0.25) is 25.7 Å². The standard InChI is InChI=1S/C29H43O2Si2/c1-9-10-15-23(20-25(30)21-33(6,7)8)26-18-14-19-27(22(26)2)29(31-32,28(3,4)5)24-16-12-11-13-17-24/h11-14,16-19,23H,9-10,15,20-21H2,1-8H3. The summed E-state index contributed by atoms with van der Waals surface area (Å²) in [6, 6.07) is 17.8. The molecule has 0 heterocycles. The number of hydrogen-bond acceptors (Lipinski definition) is 2. The normalized spacial score (nSPS) is 15.2. The molecule has 0 saturated carbocycles. The van der Waals surface area contributed by atoms with E-state index in [2.05, 4.69) is 107 Å². The Morgan fingerprint density at radius 3 is 2.18 bits per heavy atom. The number of hydrogen-bond donors (Lipinski definition) is 0. The van der Waals surface area contributed by atoms with Crippen molar-refractivity contribution >= 4 is 24.3 Å². The molecule has 3 radical (unpaired) electrons. The van der Waals surface area contributed by atoms with Crippen molar-refractivity contribution in [3.63, 3.8) is 0 Å². The van der Waals surface area contributed by atoms with Crippen molar-refractivity contribution in [2.75, 3.05) is 0 Å². The van der Waals surface area contributed by atoms with Gasteiger partial charge in [-0.1, -0.05) is 109 Å². The van der Waals surface area contributed by atoms with E-state index in [0.717, 1.165) is 36.4 Å². The second kappa shape index (κ2) is 11.3. The summed E-state index contributed by atoms with van der Waals surface area (Å²) in [4.78, 5) is 13.0. The summed E-state index contributed by atoms with van der Waals surface area (Å²) in [6.07, 6.45) is 3.95. The molecule has 0 bridgehead atoms. The summed E-state index contributed by atoms with van der Waals surface area (Å²) in [5, 5.41) is 0. The first kappa shape index (κ1) is 27.7. The van der Waals surface area contributed by atoms with Gasteiger partial charge in [0.1, 0.15) is 11.4 Å². The fourth-order valence-electron chi connectivity index (χ4n) is 5.17. The Kier molecular flexibility index (Phi) is 9.49. The molecule has 2 unspecified atom stereocenters. The first-order valence-electron chi connectivity index (χ1n) is 12.4. The van der Waals surface area contributed by atoms with E-state index < -0.39 is 13.7 Å². The molecule has 2 rings (SSSR count). The summed E-state index contributed by atoms with van der Waals surface area (Å²) in [5.41, 5.74) is 3.92. The van der Waals surface area contributed by atoms with E-state index in [0.29, 0.717) is 12.2 Å². The van der Waals surface area contributed by atoms with E-state index in [4.69, 9.17) is 4.43 Å². The Balaban J connectivity index is 2.63. The van der Waals surface area contributed by atoms with E-state index >= 15 is 0 Å². The lowest BCUT2D eigenvalue weighted by Crippen LogP contribution is -2.44. The fraction of sp³-hybridized carbons (Fsp3) is 0.552. The van der Waals surface area contributed by atoms with Gasteiger partial charge in [0.05, 0.1) is 8.07 Å². The zero-order chi connectivity index (χ0) is 24.9. The number of carbonyl (C=O) groups is 1. The predicted molar refractivity (Wildman–Crippen MR) is 145 cm³/mol. The summed E-state index contributed by atoms with van der Waals surface area (Å²) < 4.78 is 6.26. The monoisotopic (exact) mass is 479 g/mol. The molecule has 0 N–H and O–H groups in total. The molecule has 0 spiro atoms. The molecular weight excluding hydrogens is 436 g/mol. The summed E-state index contributed by atoms with van der Waals surface area (Å²) >= 11 is 0. The maximum absolute atomic E-state index is 13.0. The Morgan fingerprint density at radius 2 is 1.67 bits per heavy atom. The van der Waals surface area contributed by atoms with Gasteiger partial charge in [0, 0.05) is 12.5 Å². The number of benzene rings is 2. The molecule has 0 fully saturated rings. The lowest BCUT2D eigenvalue weighted by atomic mass is 9.66. The highest BCUT2D eigenvalue weighted by Crippen LogP contribution is 2.49. The van der Waals surface area contributed by atoms with Gasteiger partial charge in [0.25, 0.3) is 0 Å². The van der Waals surface area contributed by atoms with Crippen LogP contribution in [0.25, 0.3) is 0 Å². The molecule has 2 aromatic rings. The Hall–Kier alpha value is -1.50. The van der Waals surface area contributed by atoms with Gasteiger partial charge in [-0.05, 0) is 46.9 Å². The first-order valence-corrected chi connectivity index (χ1v) is 16.5. The van der Waals surface area contributed by atoms with Gasteiger partial charge in [-0.15, -0.1) is 0 Å². The molecule has 33 heavy (non-hydrogen) atoms. The van der Waals surface area contributed by atoms with Crippen LogP contribution >= 0.6 is 0 Å². The molecule has 2 aromatic carbocycles. The van der Waals surface area contributed by atoms with Crippen LogP contribution in [-0.2, 0) is 14.8 Å². The van der Waals surface area contributed by atoms with Crippen LogP contribution in [0, 0.1) is 12.3 Å². The van der Waals surface area contributed by atoms with E-state index in [9.17, 15) is 4.79 Å². The Bertz CT molecular complexity index is 909. The highest BCUT2D eigenvalue weighted by atomic mass is 28.3. The third kappa shape index (κ3) is 6.55. The van der Waals surface area contributed by atoms with Gasteiger partial charge < -0.3 is 9.22 Å². The lowest BCUT2D eigenvalue weighted by Gasteiger charge is -2.46. The van der Waals surface area contributed by atoms with Crippen LogP contribution in [0.1, 0.15) is 81.5 Å². The van der Waals surface area contributed by atoms with E-state index in [-0.39, 0.29) is 11.3 Å². The maximum atomic E-state index is 13.0. The molecule has 4 heteroatoms. The van der Waals surface area contributed by atoms with E-state index in [1.807, 2.05) is 6.07 Å². The van der Waals surface area contributed by atoms with Crippen LogP contribution in [0.4, 0.5) is 0 Å². The quantitative estimate of drug-likeness (QED) is 0.306.